The van der Waals surface area contributed by atoms with E-state index in [1.165, 1.54) is 11.8 Å². The Morgan fingerprint density at radius 2 is 1.10 bits per heavy atom. The van der Waals surface area contributed by atoms with E-state index in [4.69, 9.17) is 0 Å². The van der Waals surface area contributed by atoms with Crippen molar-refractivity contribution >= 4 is 46.3 Å². The van der Waals surface area contributed by atoms with Gasteiger partial charge < -0.3 is 41.6 Å². The Kier molecular flexibility index (Phi) is 14.1. The van der Waals surface area contributed by atoms with E-state index in [9.17, 15) is 33.9 Å². The lowest BCUT2D eigenvalue weighted by molar-refractivity contribution is -0.143. The summed E-state index contributed by atoms with van der Waals surface area (Å²) in [6.45, 7) is 1.57. The summed E-state index contributed by atoms with van der Waals surface area (Å²) < 4.78 is 0. The van der Waals surface area contributed by atoms with Crippen molar-refractivity contribution in [3.8, 4) is 0 Å². The van der Waals surface area contributed by atoms with Crippen molar-refractivity contribution in [2.45, 2.75) is 94.2 Å². The van der Waals surface area contributed by atoms with Gasteiger partial charge in [-0.25, -0.2) is 0 Å². The molecule has 6 amide bonds. The van der Waals surface area contributed by atoms with Crippen LogP contribution >= 0.6 is 0 Å². The Hall–Kier alpha value is -6.80. The van der Waals surface area contributed by atoms with E-state index < -0.39 is 77.8 Å². The normalized spacial score (nSPS) is 23.5. The number of carbonyl (C=O) groups excluding carboxylic acids is 6. The molecule has 4 aromatic carbocycles. The fraction of sp³-hybridized carbons (Fsp3) is 0.333. The summed E-state index contributed by atoms with van der Waals surface area (Å²) in [5.41, 5.74) is 3.94. The number of H-pyrrole nitrogens is 1. The van der Waals surface area contributed by atoms with Crippen LogP contribution in [0, 0.1) is 0 Å². The summed E-state index contributed by atoms with van der Waals surface area (Å²) in [5.74, 6) is -3.93. The first-order valence-corrected chi connectivity index (χ1v) is 21.2. The molecule has 322 valence electrons. The molecule has 2 aliphatic heterocycles. The average molecular weight is 840 g/mol. The van der Waals surface area contributed by atoms with Gasteiger partial charge in [-0.3, -0.25) is 28.8 Å². The molecular weight excluding hydrogens is 787 g/mol. The Morgan fingerprint density at radius 1 is 0.581 bits per heavy atom. The maximum atomic E-state index is 14.6. The molecule has 62 heavy (non-hydrogen) atoms. The molecule has 0 unspecified atom stereocenters. The third-order valence-corrected chi connectivity index (χ3v) is 11.6. The van der Waals surface area contributed by atoms with Gasteiger partial charge in [-0.2, -0.15) is 0 Å². The maximum Gasteiger partial charge on any atom is 0.246 e. The first kappa shape index (κ1) is 43.3. The van der Waals surface area contributed by atoms with E-state index in [0.717, 1.165) is 33.2 Å². The molecule has 3 heterocycles. The predicted molar refractivity (Wildman–Crippen MR) is 233 cm³/mol. The van der Waals surface area contributed by atoms with Gasteiger partial charge in [0.25, 0.3) is 0 Å². The number of para-hydroxylation sites is 1. The number of aromatic nitrogens is 1. The lowest BCUT2D eigenvalue weighted by atomic mass is 9.99. The number of amides is 6. The van der Waals surface area contributed by atoms with Gasteiger partial charge in [-0.15, -0.1) is 0 Å². The van der Waals surface area contributed by atoms with Crippen LogP contribution in [0.15, 0.2) is 121 Å². The molecule has 1 aromatic heterocycles. The number of fused-ring (bicyclic) bond motifs is 2. The van der Waals surface area contributed by atoms with Crippen LogP contribution in [0.2, 0.25) is 0 Å². The third-order valence-electron chi connectivity index (χ3n) is 11.6. The fourth-order valence-electron chi connectivity index (χ4n) is 8.30. The monoisotopic (exact) mass is 839 g/mol. The van der Waals surface area contributed by atoms with Crippen LogP contribution in [0.25, 0.3) is 10.9 Å². The zero-order valence-electron chi connectivity index (χ0n) is 34.6. The summed E-state index contributed by atoms with van der Waals surface area (Å²) in [5, 5.41) is 25.9. The topological polar surface area (TPSA) is 202 Å². The molecule has 0 spiro atoms. The summed E-state index contributed by atoms with van der Waals surface area (Å²) in [4.78, 5) is 91.2. The molecule has 2 aliphatic rings. The molecule has 14 heteroatoms. The zero-order valence-corrected chi connectivity index (χ0v) is 34.6. The largest absolute Gasteiger partial charge is 0.391 e. The number of hydrogen-bond acceptors (Lipinski definition) is 7. The second-order valence-corrected chi connectivity index (χ2v) is 16.1. The molecule has 0 radical (unpaired) electrons. The maximum absolute atomic E-state index is 14.6. The van der Waals surface area contributed by atoms with Crippen LogP contribution in [-0.2, 0) is 54.5 Å². The van der Waals surface area contributed by atoms with Gasteiger partial charge in [0.2, 0.25) is 35.4 Å². The van der Waals surface area contributed by atoms with Gasteiger partial charge in [0.15, 0.2) is 0 Å². The highest BCUT2D eigenvalue weighted by molar-refractivity contribution is 5.99. The third kappa shape index (κ3) is 10.7. The van der Waals surface area contributed by atoms with Crippen LogP contribution in [-0.4, -0.2) is 99.3 Å². The van der Waals surface area contributed by atoms with Crippen molar-refractivity contribution in [2.24, 2.45) is 0 Å². The van der Waals surface area contributed by atoms with Crippen molar-refractivity contribution in [2.75, 3.05) is 6.54 Å². The quantitative estimate of drug-likeness (QED) is 0.112. The molecule has 0 aliphatic carbocycles. The molecule has 5 aromatic rings. The number of aliphatic hydroxyl groups is 1. The highest BCUT2D eigenvalue weighted by atomic mass is 16.3. The van der Waals surface area contributed by atoms with Crippen molar-refractivity contribution in [1.29, 1.82) is 0 Å². The minimum atomic E-state index is -1.53. The van der Waals surface area contributed by atoms with E-state index in [2.05, 4.69) is 31.6 Å². The Morgan fingerprint density at radius 3 is 1.74 bits per heavy atom. The molecule has 0 saturated carbocycles. The molecule has 0 bridgehead atoms. The van der Waals surface area contributed by atoms with Gasteiger partial charge in [0.05, 0.1) is 6.10 Å². The number of nitrogens with zero attached hydrogens (tertiary/aromatic N) is 1. The summed E-state index contributed by atoms with van der Waals surface area (Å²) >= 11 is 0. The van der Waals surface area contributed by atoms with Crippen LogP contribution in [0.3, 0.4) is 0 Å². The Balaban J connectivity index is 1.28. The minimum absolute atomic E-state index is 0.0209. The highest BCUT2D eigenvalue weighted by Gasteiger charge is 2.41. The lowest BCUT2D eigenvalue weighted by Crippen LogP contribution is -2.63. The van der Waals surface area contributed by atoms with Crippen molar-refractivity contribution in [1.82, 2.24) is 36.5 Å². The molecule has 7 N–H and O–H groups in total. The summed E-state index contributed by atoms with van der Waals surface area (Å²) in [6.07, 6.45) is 1.78. The smallest absolute Gasteiger partial charge is 0.246 e. The van der Waals surface area contributed by atoms with Crippen LogP contribution in [0.5, 0.6) is 0 Å². The van der Waals surface area contributed by atoms with E-state index in [0.29, 0.717) is 19.3 Å². The summed E-state index contributed by atoms with van der Waals surface area (Å²) in [6, 6.07) is 27.8. The van der Waals surface area contributed by atoms with E-state index in [1.807, 2.05) is 103 Å². The second-order valence-electron chi connectivity index (χ2n) is 16.1. The predicted octanol–water partition coefficient (Wildman–Crippen LogP) is 2.64. The number of benzene rings is 4. The standard InChI is InChI=1S/C48H53N7O7/c1-30(56)42-47(61)53-40(27-33-18-9-4-10-19-33)48(62)55-25-13-22-41(55)46(60)52-38(26-32-16-7-3-8-17-32)44(58)51-39(28-34-29-49-36-21-12-11-20-35(34)36)45(59)50-37(43(57)54-42)24-23-31-14-5-2-6-15-31/h2-12,14-21,29-30,37-42,49,56H,13,22-28H2,1H3,(H,50,59)(H,51,58)(H,52,60)(H,53,61)(H,54,57)/t30-,37+,38+,39-,40+,41+,42+/m1/s1. The van der Waals surface area contributed by atoms with Gasteiger partial charge in [-0.1, -0.05) is 109 Å². The van der Waals surface area contributed by atoms with Crippen LogP contribution in [0.1, 0.15) is 48.4 Å². The van der Waals surface area contributed by atoms with Crippen molar-refractivity contribution < 1.29 is 33.9 Å². The fourth-order valence-corrected chi connectivity index (χ4v) is 8.30. The highest BCUT2D eigenvalue weighted by Crippen LogP contribution is 2.22. The second kappa shape index (κ2) is 20.2. The number of aryl methyl sites for hydroxylation is 1. The van der Waals surface area contributed by atoms with E-state index in [-0.39, 0.29) is 32.2 Å². The van der Waals surface area contributed by atoms with Crippen LogP contribution < -0.4 is 26.6 Å². The Bertz CT molecular complexity index is 2350. The van der Waals surface area contributed by atoms with Gasteiger partial charge in [-0.05, 0) is 60.9 Å². The van der Waals surface area contributed by atoms with Crippen molar-refractivity contribution in [3.63, 3.8) is 0 Å². The number of hydrogen-bond donors (Lipinski definition) is 7. The first-order valence-electron chi connectivity index (χ1n) is 21.2. The Labute approximate surface area is 360 Å². The van der Waals surface area contributed by atoms with Gasteiger partial charge >= 0.3 is 0 Å². The lowest BCUT2D eigenvalue weighted by Gasteiger charge is -2.32. The average Bonchev–Trinajstić information content (AvgIpc) is 3.94. The van der Waals surface area contributed by atoms with E-state index in [1.54, 1.807) is 18.3 Å². The number of aromatic amines is 1. The van der Waals surface area contributed by atoms with Crippen LogP contribution in [0.4, 0.5) is 0 Å². The molecule has 7 rings (SSSR count). The number of rotatable bonds is 10. The summed E-state index contributed by atoms with van der Waals surface area (Å²) in [7, 11) is 0. The molecule has 7 atom stereocenters. The molecule has 14 nitrogen and oxygen atoms in total. The molecule has 2 saturated heterocycles. The first-order chi connectivity index (χ1) is 30.0. The van der Waals surface area contributed by atoms with E-state index >= 15 is 0 Å². The number of carbonyl (C=O) groups is 6. The minimum Gasteiger partial charge on any atom is -0.391 e. The number of aliphatic hydroxyl groups excluding tert-OH is 1. The van der Waals surface area contributed by atoms with Gasteiger partial charge in [0.1, 0.15) is 36.3 Å². The zero-order chi connectivity index (χ0) is 43.6. The number of nitrogens with one attached hydrogen (secondary N) is 6. The SMILES string of the molecule is C[C@@H](O)[C@@H]1NC(=O)[C@H](CCc2ccccc2)NC(=O)[C@@H](Cc2c[nH]c3ccccc23)NC(=O)[C@H](Cc2ccccc2)NC(=O)[C@@H]2CCCN2C(=O)[C@H](Cc2ccccc2)NC1=O. The van der Waals surface area contributed by atoms with Crippen molar-refractivity contribution in [3.05, 3.63) is 144 Å². The molecular formula is C48H53N7O7. The van der Waals surface area contributed by atoms with Gasteiger partial charge in [0, 0.05) is 42.9 Å². The molecule has 2 fully saturated rings.